The lowest BCUT2D eigenvalue weighted by atomic mass is 10.1. The molecule has 0 bridgehead atoms. The lowest BCUT2D eigenvalue weighted by Gasteiger charge is -2.15. The summed E-state index contributed by atoms with van der Waals surface area (Å²) in [5, 5.41) is 12.9. The molecule has 2 aromatic rings. The van der Waals surface area contributed by atoms with Crippen LogP contribution in [0, 0.1) is 13.8 Å². The van der Waals surface area contributed by atoms with Gasteiger partial charge >= 0.3 is 5.97 Å². The van der Waals surface area contributed by atoms with Crippen LogP contribution >= 0.6 is 11.6 Å². The number of rotatable bonds is 6. The van der Waals surface area contributed by atoms with Gasteiger partial charge in [-0.2, -0.15) is 0 Å². The van der Waals surface area contributed by atoms with Crippen LogP contribution in [0.15, 0.2) is 18.2 Å². The topological polar surface area (TPSA) is 101 Å². The predicted molar refractivity (Wildman–Crippen MR) is 102 cm³/mol. The van der Waals surface area contributed by atoms with Crippen LogP contribution in [0.4, 0.5) is 5.69 Å². The molecular formula is C19H23ClN2O5. The molecule has 1 aromatic heterocycles. The number of esters is 1. The van der Waals surface area contributed by atoms with Gasteiger partial charge in [-0.3, -0.25) is 4.79 Å². The van der Waals surface area contributed by atoms with E-state index in [2.05, 4.69) is 10.3 Å². The molecule has 0 fully saturated rings. The summed E-state index contributed by atoms with van der Waals surface area (Å²) in [6.07, 6.45) is -1.78. The van der Waals surface area contributed by atoms with E-state index in [9.17, 15) is 14.7 Å². The Morgan fingerprint density at radius 1 is 1.26 bits per heavy atom. The van der Waals surface area contributed by atoms with E-state index in [1.165, 1.54) is 14.0 Å². The number of hydrogen-bond donors (Lipinski definition) is 3. The second-order valence-corrected chi connectivity index (χ2v) is 6.66. The van der Waals surface area contributed by atoms with Crippen LogP contribution in [0.2, 0.25) is 5.02 Å². The number of hydrogen-bond acceptors (Lipinski definition) is 5. The third-order valence-electron chi connectivity index (χ3n) is 4.19. The molecule has 0 aliphatic heterocycles. The average Bonchev–Trinajstić information content (AvgIpc) is 2.89. The molecule has 0 unspecified atom stereocenters. The molecule has 1 amide bonds. The third kappa shape index (κ3) is 4.61. The van der Waals surface area contributed by atoms with Crippen LogP contribution in [0.25, 0.3) is 0 Å². The highest BCUT2D eigenvalue weighted by atomic mass is 35.5. The molecule has 2 rings (SSSR count). The van der Waals surface area contributed by atoms with Crippen LogP contribution in [0.1, 0.15) is 47.3 Å². The monoisotopic (exact) mass is 394 g/mol. The van der Waals surface area contributed by atoms with Crippen LogP contribution in [0.3, 0.4) is 0 Å². The first-order valence-electron chi connectivity index (χ1n) is 8.38. The summed E-state index contributed by atoms with van der Waals surface area (Å²) in [4.78, 5) is 27.7. The van der Waals surface area contributed by atoms with E-state index >= 15 is 0 Å². The summed E-state index contributed by atoms with van der Waals surface area (Å²) in [7, 11) is 1.47. The molecule has 1 heterocycles. The Morgan fingerprint density at radius 2 is 1.93 bits per heavy atom. The number of aromatic nitrogens is 1. The molecule has 1 aromatic carbocycles. The van der Waals surface area contributed by atoms with E-state index < -0.39 is 24.1 Å². The van der Waals surface area contributed by atoms with E-state index in [-0.39, 0.29) is 5.69 Å². The van der Waals surface area contributed by atoms with Gasteiger partial charge in [-0.15, -0.1) is 0 Å². The molecule has 3 N–H and O–H groups in total. The van der Waals surface area contributed by atoms with Crippen molar-refractivity contribution < 1.29 is 24.2 Å². The number of anilines is 1. The molecular weight excluding hydrogens is 372 g/mol. The Kier molecular flexibility index (Phi) is 6.51. The number of carbonyl (C=O) groups excluding carboxylic acids is 2. The van der Waals surface area contributed by atoms with Gasteiger partial charge in [0.2, 0.25) is 0 Å². The van der Waals surface area contributed by atoms with Crippen molar-refractivity contribution in [2.75, 3.05) is 12.4 Å². The maximum atomic E-state index is 12.4. The molecule has 0 radical (unpaired) electrons. The van der Waals surface area contributed by atoms with Gasteiger partial charge in [-0.05, 0) is 51.5 Å². The standard InChI is InChI=1S/C19H23ClN2O5/c1-9-16(11(3)23)10(2)21-17(9)19(25)27-12(4)18(24)22-14-8-13(20)6-7-15(14)26-5/h6-8,11-12,21,23H,1-5H3,(H,22,24)/t11-,12-/m1/s1. The predicted octanol–water partition coefficient (Wildman–Crippen LogP) is 3.53. The summed E-state index contributed by atoms with van der Waals surface area (Å²) in [6.45, 7) is 6.55. The summed E-state index contributed by atoms with van der Waals surface area (Å²) in [5.41, 5.74) is 2.50. The lowest BCUT2D eigenvalue weighted by molar-refractivity contribution is -0.123. The van der Waals surface area contributed by atoms with Gasteiger partial charge in [0.15, 0.2) is 6.10 Å². The number of halogens is 1. The van der Waals surface area contributed by atoms with E-state index in [0.717, 1.165) is 0 Å². The number of carbonyl (C=O) groups is 2. The molecule has 2 atom stereocenters. The van der Waals surface area contributed by atoms with Crippen molar-refractivity contribution in [1.82, 2.24) is 4.98 Å². The van der Waals surface area contributed by atoms with Crippen LogP contribution in [-0.2, 0) is 9.53 Å². The molecule has 0 saturated carbocycles. The fourth-order valence-electron chi connectivity index (χ4n) is 2.88. The van der Waals surface area contributed by atoms with E-state index in [1.54, 1.807) is 39.0 Å². The summed E-state index contributed by atoms with van der Waals surface area (Å²) in [5.74, 6) is -0.771. The Balaban J connectivity index is 2.12. The number of methoxy groups -OCH3 is 1. The Labute approximate surface area is 162 Å². The molecule has 8 heteroatoms. The minimum Gasteiger partial charge on any atom is -0.495 e. The summed E-state index contributed by atoms with van der Waals surface area (Å²) < 4.78 is 10.4. The van der Waals surface area contributed by atoms with Gasteiger partial charge in [-0.25, -0.2) is 4.79 Å². The molecule has 0 spiro atoms. The third-order valence-corrected chi connectivity index (χ3v) is 4.42. The van der Waals surface area contributed by atoms with Gasteiger partial charge in [0.05, 0.1) is 18.9 Å². The van der Waals surface area contributed by atoms with E-state index in [4.69, 9.17) is 21.1 Å². The zero-order valence-electron chi connectivity index (χ0n) is 15.8. The SMILES string of the molecule is COc1ccc(Cl)cc1NC(=O)[C@@H](C)OC(=O)c1[nH]c(C)c([C@@H](C)O)c1C. The maximum absolute atomic E-state index is 12.4. The zero-order valence-corrected chi connectivity index (χ0v) is 16.6. The molecule has 146 valence electrons. The van der Waals surface area contributed by atoms with Gasteiger partial charge < -0.3 is 24.9 Å². The number of benzene rings is 1. The number of aliphatic hydroxyl groups excluding tert-OH is 1. The average molecular weight is 395 g/mol. The van der Waals surface area contributed by atoms with E-state index in [0.29, 0.717) is 33.3 Å². The van der Waals surface area contributed by atoms with Gasteiger partial charge in [0.1, 0.15) is 11.4 Å². The Morgan fingerprint density at radius 3 is 2.48 bits per heavy atom. The molecule has 0 aliphatic rings. The van der Waals surface area contributed by atoms with Crippen molar-refractivity contribution in [1.29, 1.82) is 0 Å². The fourth-order valence-corrected chi connectivity index (χ4v) is 3.05. The number of amides is 1. The number of ether oxygens (including phenoxy) is 2. The number of aliphatic hydroxyl groups is 1. The van der Waals surface area contributed by atoms with Crippen molar-refractivity contribution in [3.8, 4) is 5.75 Å². The highest BCUT2D eigenvalue weighted by molar-refractivity contribution is 6.31. The highest BCUT2D eigenvalue weighted by Gasteiger charge is 2.25. The number of aryl methyl sites for hydroxylation is 1. The lowest BCUT2D eigenvalue weighted by Crippen LogP contribution is -2.30. The number of aromatic amines is 1. The van der Waals surface area contributed by atoms with Gasteiger partial charge in [0, 0.05) is 16.3 Å². The second kappa shape index (κ2) is 8.45. The van der Waals surface area contributed by atoms with Crippen LogP contribution in [0.5, 0.6) is 5.75 Å². The number of H-pyrrole nitrogens is 1. The maximum Gasteiger partial charge on any atom is 0.355 e. The second-order valence-electron chi connectivity index (χ2n) is 6.22. The Hall–Kier alpha value is -2.51. The Bertz CT molecular complexity index is 860. The van der Waals surface area contributed by atoms with E-state index in [1.807, 2.05) is 0 Å². The normalized spacial score (nSPS) is 13.0. The van der Waals surface area contributed by atoms with Crippen LogP contribution in [-0.4, -0.2) is 35.2 Å². The van der Waals surface area contributed by atoms with Crippen LogP contribution < -0.4 is 10.1 Å². The zero-order chi connectivity index (χ0) is 20.3. The molecule has 0 saturated heterocycles. The summed E-state index contributed by atoms with van der Waals surface area (Å²) >= 11 is 5.94. The minimum absolute atomic E-state index is 0.211. The van der Waals surface area contributed by atoms with Gasteiger partial charge in [0.25, 0.3) is 5.91 Å². The highest BCUT2D eigenvalue weighted by Crippen LogP contribution is 2.28. The molecule has 0 aliphatic carbocycles. The van der Waals surface area contributed by atoms with Crippen molar-refractivity contribution in [2.24, 2.45) is 0 Å². The minimum atomic E-state index is -1.06. The number of nitrogens with one attached hydrogen (secondary N) is 2. The van der Waals surface area contributed by atoms with Crippen molar-refractivity contribution in [2.45, 2.75) is 39.9 Å². The van der Waals surface area contributed by atoms with Gasteiger partial charge in [-0.1, -0.05) is 11.6 Å². The molecule has 7 nitrogen and oxygen atoms in total. The molecule has 27 heavy (non-hydrogen) atoms. The van der Waals surface area contributed by atoms with Crippen molar-refractivity contribution >= 4 is 29.2 Å². The first kappa shape index (κ1) is 20.8. The fraction of sp³-hybridized carbons (Fsp3) is 0.368. The summed E-state index contributed by atoms with van der Waals surface area (Å²) in [6, 6.07) is 4.80. The van der Waals surface area contributed by atoms with Crippen molar-refractivity contribution in [3.63, 3.8) is 0 Å². The first-order valence-corrected chi connectivity index (χ1v) is 8.76. The van der Waals surface area contributed by atoms with Crippen molar-refractivity contribution in [3.05, 3.63) is 45.7 Å². The largest absolute Gasteiger partial charge is 0.495 e. The smallest absolute Gasteiger partial charge is 0.355 e. The first-order chi connectivity index (χ1) is 12.6. The quantitative estimate of drug-likeness (QED) is 0.650.